The minimum absolute atomic E-state index is 0.0476. The molecule has 0 aliphatic rings. The van der Waals surface area contributed by atoms with E-state index in [2.05, 4.69) is 20.4 Å². The van der Waals surface area contributed by atoms with Crippen LogP contribution in [-0.4, -0.2) is 32.3 Å². The third kappa shape index (κ3) is 3.65. The van der Waals surface area contributed by atoms with E-state index in [1.807, 2.05) is 26.0 Å². The van der Waals surface area contributed by atoms with Crippen LogP contribution in [0.4, 0.5) is 5.82 Å². The van der Waals surface area contributed by atoms with Gasteiger partial charge in [0.25, 0.3) is 5.91 Å². The summed E-state index contributed by atoms with van der Waals surface area (Å²) in [6, 6.07) is 8.94. The topological polar surface area (TPSA) is 81.9 Å². The van der Waals surface area contributed by atoms with E-state index in [4.69, 9.17) is 4.74 Å². The number of rotatable bonds is 6. The molecule has 0 saturated heterocycles. The van der Waals surface area contributed by atoms with Crippen LogP contribution in [0.2, 0.25) is 0 Å². The lowest BCUT2D eigenvalue weighted by molar-refractivity contribution is 0.102. The zero-order valence-corrected chi connectivity index (χ0v) is 14.1. The number of nitrogens with one attached hydrogen (secondary N) is 1. The van der Waals surface area contributed by atoms with Crippen LogP contribution in [0.5, 0.6) is 5.88 Å². The monoisotopic (exact) mass is 337 g/mol. The normalized spacial score (nSPS) is 11.8. The van der Waals surface area contributed by atoms with Crippen LogP contribution < -0.4 is 10.1 Å². The van der Waals surface area contributed by atoms with Gasteiger partial charge in [-0.1, -0.05) is 0 Å². The summed E-state index contributed by atoms with van der Waals surface area (Å²) >= 11 is 0. The molecule has 7 nitrogen and oxygen atoms in total. The summed E-state index contributed by atoms with van der Waals surface area (Å²) in [4.78, 5) is 20.8. The second-order valence-electron chi connectivity index (χ2n) is 5.36. The Labute approximate surface area is 145 Å². The van der Waals surface area contributed by atoms with Gasteiger partial charge >= 0.3 is 0 Å². The number of aromatic nitrogens is 4. The van der Waals surface area contributed by atoms with Crippen LogP contribution in [0.15, 0.2) is 55.1 Å². The molecule has 3 heterocycles. The number of carbonyl (C=O) groups excluding carboxylic acids is 1. The molecular weight excluding hydrogens is 318 g/mol. The molecule has 1 unspecified atom stereocenters. The van der Waals surface area contributed by atoms with Crippen LogP contribution in [0.3, 0.4) is 0 Å². The third-order valence-corrected chi connectivity index (χ3v) is 3.76. The van der Waals surface area contributed by atoms with E-state index in [9.17, 15) is 4.79 Å². The average molecular weight is 337 g/mol. The van der Waals surface area contributed by atoms with Gasteiger partial charge < -0.3 is 10.1 Å². The number of ether oxygens (including phenoxy) is 1. The van der Waals surface area contributed by atoms with Gasteiger partial charge in [-0.3, -0.25) is 9.78 Å². The molecule has 0 fully saturated rings. The van der Waals surface area contributed by atoms with Gasteiger partial charge in [-0.15, -0.1) is 0 Å². The fraction of sp³-hybridized carbons (Fsp3) is 0.222. The van der Waals surface area contributed by atoms with Crippen LogP contribution in [0.25, 0.3) is 0 Å². The molecule has 1 atom stereocenters. The minimum Gasteiger partial charge on any atom is -0.477 e. The summed E-state index contributed by atoms with van der Waals surface area (Å²) in [5.41, 5.74) is 1.43. The van der Waals surface area contributed by atoms with Crippen LogP contribution in [0, 0.1) is 0 Å². The standard InChI is InChI=1S/C18H19N5O2/c1-3-25-18-15(5-4-9-20-18)17(24)22-16-8-12-21-23(16)13(2)14-6-10-19-11-7-14/h4-13H,3H2,1-2H3,(H,22,24). The maximum absolute atomic E-state index is 12.6. The number of hydrogen-bond acceptors (Lipinski definition) is 5. The predicted octanol–water partition coefficient (Wildman–Crippen LogP) is 2.93. The molecule has 0 saturated carbocycles. The Hall–Kier alpha value is -3.22. The van der Waals surface area contributed by atoms with Gasteiger partial charge in [0.15, 0.2) is 0 Å². The highest BCUT2D eigenvalue weighted by atomic mass is 16.5. The highest BCUT2D eigenvalue weighted by Gasteiger charge is 2.18. The molecule has 1 N–H and O–H groups in total. The van der Waals surface area contributed by atoms with Crippen molar-refractivity contribution < 1.29 is 9.53 Å². The Kier molecular flexibility index (Phi) is 5.03. The Morgan fingerprint density at radius 1 is 1.20 bits per heavy atom. The molecule has 0 radical (unpaired) electrons. The number of pyridine rings is 2. The highest BCUT2D eigenvalue weighted by molar-refractivity contribution is 6.05. The molecule has 0 aliphatic heterocycles. The number of carbonyl (C=O) groups is 1. The van der Waals surface area contributed by atoms with Crippen LogP contribution >= 0.6 is 0 Å². The second kappa shape index (κ2) is 7.57. The zero-order valence-electron chi connectivity index (χ0n) is 14.1. The zero-order chi connectivity index (χ0) is 17.6. The van der Waals surface area contributed by atoms with E-state index in [-0.39, 0.29) is 11.9 Å². The van der Waals surface area contributed by atoms with Crippen molar-refractivity contribution in [2.24, 2.45) is 0 Å². The summed E-state index contributed by atoms with van der Waals surface area (Å²) in [5.74, 6) is 0.622. The van der Waals surface area contributed by atoms with Gasteiger partial charge in [0.1, 0.15) is 11.4 Å². The number of hydrogen-bond donors (Lipinski definition) is 1. The lowest BCUT2D eigenvalue weighted by Gasteiger charge is -2.16. The van der Waals surface area contributed by atoms with Crippen molar-refractivity contribution in [2.45, 2.75) is 19.9 Å². The summed E-state index contributed by atoms with van der Waals surface area (Å²) in [7, 11) is 0. The molecule has 3 rings (SSSR count). The van der Waals surface area contributed by atoms with E-state index >= 15 is 0 Å². The molecular formula is C18H19N5O2. The van der Waals surface area contributed by atoms with E-state index < -0.39 is 0 Å². The van der Waals surface area contributed by atoms with E-state index in [1.165, 1.54) is 0 Å². The molecule has 3 aromatic rings. The van der Waals surface area contributed by atoms with Gasteiger partial charge in [-0.2, -0.15) is 5.10 Å². The van der Waals surface area contributed by atoms with Crippen LogP contribution in [0.1, 0.15) is 35.8 Å². The molecule has 0 aliphatic carbocycles. The van der Waals surface area contributed by atoms with Gasteiger partial charge in [-0.25, -0.2) is 9.67 Å². The average Bonchev–Trinajstić information content (AvgIpc) is 3.10. The Bertz CT molecular complexity index is 847. The Morgan fingerprint density at radius 3 is 2.76 bits per heavy atom. The lowest BCUT2D eigenvalue weighted by atomic mass is 10.1. The molecule has 3 aromatic heterocycles. The maximum Gasteiger partial charge on any atom is 0.262 e. The summed E-state index contributed by atoms with van der Waals surface area (Å²) in [5, 5.41) is 7.21. The smallest absolute Gasteiger partial charge is 0.262 e. The van der Waals surface area contributed by atoms with Gasteiger partial charge in [0, 0.05) is 24.7 Å². The van der Waals surface area contributed by atoms with E-state index in [1.54, 1.807) is 47.7 Å². The molecule has 128 valence electrons. The molecule has 7 heteroatoms. The largest absolute Gasteiger partial charge is 0.477 e. The minimum atomic E-state index is -0.291. The van der Waals surface area contributed by atoms with Crippen molar-refractivity contribution in [2.75, 3.05) is 11.9 Å². The Balaban J connectivity index is 1.83. The first-order valence-electron chi connectivity index (χ1n) is 8.03. The first-order chi connectivity index (χ1) is 12.2. The summed E-state index contributed by atoms with van der Waals surface area (Å²) in [6.45, 7) is 4.30. The molecule has 1 amide bonds. The van der Waals surface area contributed by atoms with Crippen molar-refractivity contribution in [1.82, 2.24) is 19.7 Å². The van der Waals surface area contributed by atoms with Gasteiger partial charge in [0.05, 0.1) is 18.8 Å². The molecule has 0 aromatic carbocycles. The second-order valence-corrected chi connectivity index (χ2v) is 5.36. The third-order valence-electron chi connectivity index (χ3n) is 3.76. The first kappa shape index (κ1) is 16.6. The summed E-state index contributed by atoms with van der Waals surface area (Å²) in [6.07, 6.45) is 6.71. The van der Waals surface area contributed by atoms with E-state index in [0.29, 0.717) is 23.9 Å². The molecule has 0 spiro atoms. The quantitative estimate of drug-likeness (QED) is 0.748. The van der Waals surface area contributed by atoms with Crippen molar-refractivity contribution in [3.05, 3.63) is 66.2 Å². The highest BCUT2D eigenvalue weighted by Crippen LogP contribution is 2.22. The number of anilines is 1. The van der Waals surface area contributed by atoms with Crippen molar-refractivity contribution >= 4 is 11.7 Å². The number of nitrogens with zero attached hydrogens (tertiary/aromatic N) is 4. The SMILES string of the molecule is CCOc1ncccc1C(=O)Nc1ccnn1C(C)c1ccncc1. The first-order valence-corrected chi connectivity index (χ1v) is 8.03. The lowest BCUT2D eigenvalue weighted by Crippen LogP contribution is -2.19. The van der Waals surface area contributed by atoms with Gasteiger partial charge in [0.2, 0.25) is 5.88 Å². The van der Waals surface area contributed by atoms with Crippen LogP contribution in [-0.2, 0) is 0 Å². The fourth-order valence-electron chi connectivity index (χ4n) is 2.50. The molecule has 25 heavy (non-hydrogen) atoms. The fourth-order valence-corrected chi connectivity index (χ4v) is 2.50. The van der Waals surface area contributed by atoms with Crippen molar-refractivity contribution in [3.8, 4) is 5.88 Å². The Morgan fingerprint density at radius 2 is 2.00 bits per heavy atom. The van der Waals surface area contributed by atoms with E-state index in [0.717, 1.165) is 5.56 Å². The predicted molar refractivity (Wildman–Crippen MR) is 93.6 cm³/mol. The maximum atomic E-state index is 12.6. The summed E-state index contributed by atoms with van der Waals surface area (Å²) < 4.78 is 7.18. The van der Waals surface area contributed by atoms with Gasteiger partial charge in [-0.05, 0) is 43.7 Å². The molecule has 0 bridgehead atoms. The van der Waals surface area contributed by atoms with Crippen molar-refractivity contribution in [1.29, 1.82) is 0 Å². The number of amides is 1. The van der Waals surface area contributed by atoms with Crippen molar-refractivity contribution in [3.63, 3.8) is 0 Å².